The summed E-state index contributed by atoms with van der Waals surface area (Å²) in [5.74, 6) is 0.269. The number of rotatable bonds is 4. The van der Waals surface area contributed by atoms with E-state index in [1.54, 1.807) is 35.2 Å². The van der Waals surface area contributed by atoms with Gasteiger partial charge in [0.05, 0.1) is 37.6 Å². The predicted octanol–water partition coefficient (Wildman–Crippen LogP) is 1.82. The monoisotopic (exact) mass is 368 g/mol. The Morgan fingerprint density at radius 3 is 2.58 bits per heavy atom. The number of ether oxygens (including phenoxy) is 1. The maximum absolute atomic E-state index is 11.5. The summed E-state index contributed by atoms with van der Waals surface area (Å²) in [7, 11) is -2.18. The molecule has 0 bridgehead atoms. The first-order valence-corrected chi connectivity index (χ1v) is 9.44. The third kappa shape index (κ3) is 3.47. The van der Waals surface area contributed by atoms with Crippen LogP contribution in [0, 0.1) is 22.8 Å². The molecule has 8 heteroatoms. The molecule has 0 saturated heterocycles. The molecule has 0 unspecified atom stereocenters. The van der Waals surface area contributed by atoms with Gasteiger partial charge >= 0.3 is 0 Å². The molecule has 2 aromatic carbocycles. The van der Waals surface area contributed by atoms with Crippen LogP contribution in [0.15, 0.2) is 30.3 Å². The van der Waals surface area contributed by atoms with Gasteiger partial charge in [-0.15, -0.1) is 0 Å². The molecule has 1 heterocycles. The molecule has 0 spiro atoms. The Balaban J connectivity index is 2.25. The summed E-state index contributed by atoms with van der Waals surface area (Å²) in [4.78, 5) is 1.57. The van der Waals surface area contributed by atoms with Crippen LogP contribution >= 0.6 is 0 Å². The molecule has 0 aliphatic carbocycles. The molecular formula is C18H16N4O3S. The lowest BCUT2D eigenvalue weighted by molar-refractivity contribution is 0.415. The molecule has 0 saturated carbocycles. The third-order valence-electron chi connectivity index (χ3n) is 4.26. The maximum atomic E-state index is 11.5. The van der Waals surface area contributed by atoms with Crippen molar-refractivity contribution < 1.29 is 13.2 Å². The van der Waals surface area contributed by atoms with Crippen molar-refractivity contribution in [3.8, 4) is 29.1 Å². The van der Waals surface area contributed by atoms with Crippen LogP contribution in [-0.4, -0.2) is 20.4 Å². The molecule has 0 amide bonds. The van der Waals surface area contributed by atoms with Gasteiger partial charge in [0.15, 0.2) is 6.19 Å². The average molecular weight is 368 g/mol. The Morgan fingerprint density at radius 2 is 1.96 bits per heavy atom. The highest BCUT2D eigenvalue weighted by atomic mass is 32.2. The first kappa shape index (κ1) is 17.7. The molecule has 132 valence electrons. The van der Waals surface area contributed by atoms with Gasteiger partial charge in [-0.2, -0.15) is 10.5 Å². The summed E-state index contributed by atoms with van der Waals surface area (Å²) >= 11 is 0. The highest BCUT2D eigenvalue weighted by molar-refractivity contribution is 7.88. The second-order valence-electron chi connectivity index (χ2n) is 6.07. The standard InChI is InChI=1S/C18H16N4O3S/c1-25-15-3-2-13(7-19)16(6-15)17-5-12(10-26(21,23)24)4-14-8-22(11-20)9-18(14)17/h2-6H,8-10H2,1H3,(H2,21,23,24). The van der Waals surface area contributed by atoms with Crippen LogP contribution in [0.25, 0.3) is 11.1 Å². The van der Waals surface area contributed by atoms with E-state index in [9.17, 15) is 18.9 Å². The fourth-order valence-corrected chi connectivity index (χ4v) is 3.81. The summed E-state index contributed by atoms with van der Waals surface area (Å²) in [6, 6.07) is 10.7. The van der Waals surface area contributed by atoms with E-state index in [0.717, 1.165) is 11.1 Å². The average Bonchev–Trinajstić information content (AvgIpc) is 3.02. The minimum Gasteiger partial charge on any atom is -0.497 e. The number of nitrogens with zero attached hydrogens (tertiary/aromatic N) is 3. The van der Waals surface area contributed by atoms with Gasteiger partial charge in [0.2, 0.25) is 10.0 Å². The number of primary sulfonamides is 1. The Morgan fingerprint density at radius 1 is 1.19 bits per heavy atom. The topological polar surface area (TPSA) is 120 Å². The highest BCUT2D eigenvalue weighted by Gasteiger charge is 2.24. The van der Waals surface area contributed by atoms with Crippen molar-refractivity contribution >= 4 is 10.0 Å². The van der Waals surface area contributed by atoms with Gasteiger partial charge in [0.25, 0.3) is 0 Å². The zero-order chi connectivity index (χ0) is 18.9. The molecular weight excluding hydrogens is 352 g/mol. The van der Waals surface area contributed by atoms with Gasteiger partial charge < -0.3 is 9.64 Å². The van der Waals surface area contributed by atoms with Gasteiger partial charge in [-0.25, -0.2) is 13.6 Å². The van der Waals surface area contributed by atoms with Crippen LogP contribution in [0.4, 0.5) is 0 Å². The first-order chi connectivity index (χ1) is 12.3. The van der Waals surface area contributed by atoms with Crippen molar-refractivity contribution in [2.45, 2.75) is 18.8 Å². The molecule has 0 aromatic heterocycles. The van der Waals surface area contributed by atoms with Crippen molar-refractivity contribution in [2.24, 2.45) is 5.14 Å². The molecule has 1 aliphatic heterocycles. The number of hydrogen-bond acceptors (Lipinski definition) is 6. The van der Waals surface area contributed by atoms with Gasteiger partial charge in [0.1, 0.15) is 5.75 Å². The van der Waals surface area contributed by atoms with Crippen molar-refractivity contribution in [1.29, 1.82) is 10.5 Å². The zero-order valence-electron chi connectivity index (χ0n) is 14.1. The molecule has 0 atom stereocenters. The van der Waals surface area contributed by atoms with E-state index < -0.39 is 10.0 Å². The Kier molecular flexibility index (Phi) is 4.56. The number of hydrogen-bond donors (Lipinski definition) is 1. The summed E-state index contributed by atoms with van der Waals surface area (Å²) < 4.78 is 28.3. The van der Waals surface area contributed by atoms with E-state index in [0.29, 0.717) is 41.1 Å². The smallest absolute Gasteiger partial charge is 0.213 e. The Bertz CT molecular complexity index is 1070. The molecule has 0 radical (unpaired) electrons. The van der Waals surface area contributed by atoms with Gasteiger partial charge in [-0.1, -0.05) is 6.07 Å². The van der Waals surface area contributed by atoms with Crippen LogP contribution in [0.5, 0.6) is 5.75 Å². The number of methoxy groups -OCH3 is 1. The highest BCUT2D eigenvalue weighted by Crippen LogP contribution is 2.37. The lowest BCUT2D eigenvalue weighted by atomic mass is 9.92. The largest absolute Gasteiger partial charge is 0.497 e. The molecule has 26 heavy (non-hydrogen) atoms. The van der Waals surface area contributed by atoms with Crippen molar-refractivity contribution in [3.05, 3.63) is 52.6 Å². The number of sulfonamides is 1. The van der Waals surface area contributed by atoms with Gasteiger partial charge in [0, 0.05) is 5.56 Å². The lowest BCUT2D eigenvalue weighted by Crippen LogP contribution is -2.14. The summed E-state index contributed by atoms with van der Waals surface area (Å²) in [5, 5.41) is 23.9. The van der Waals surface area contributed by atoms with E-state index >= 15 is 0 Å². The molecule has 2 aromatic rings. The fourth-order valence-electron chi connectivity index (χ4n) is 3.18. The van der Waals surface area contributed by atoms with Crippen molar-refractivity contribution in [1.82, 2.24) is 4.90 Å². The molecule has 0 fully saturated rings. The first-order valence-electron chi connectivity index (χ1n) is 7.73. The number of benzene rings is 2. The van der Waals surface area contributed by atoms with Crippen LogP contribution < -0.4 is 9.88 Å². The van der Waals surface area contributed by atoms with Crippen molar-refractivity contribution in [3.63, 3.8) is 0 Å². The van der Waals surface area contributed by atoms with Crippen molar-refractivity contribution in [2.75, 3.05) is 7.11 Å². The van der Waals surface area contributed by atoms with Gasteiger partial charge in [-0.3, -0.25) is 0 Å². The zero-order valence-corrected chi connectivity index (χ0v) is 14.9. The molecule has 1 aliphatic rings. The van der Waals surface area contributed by atoms with Gasteiger partial charge in [-0.05, 0) is 46.5 Å². The van der Waals surface area contributed by atoms with E-state index in [-0.39, 0.29) is 5.75 Å². The van der Waals surface area contributed by atoms with Crippen LogP contribution in [0.3, 0.4) is 0 Å². The normalized spacial score (nSPS) is 13.0. The molecule has 7 nitrogen and oxygen atoms in total. The minimum atomic E-state index is -3.71. The van der Waals surface area contributed by atoms with E-state index in [1.165, 1.54) is 7.11 Å². The number of fused-ring (bicyclic) bond motifs is 1. The third-order valence-corrected chi connectivity index (χ3v) is 4.99. The van der Waals surface area contributed by atoms with Crippen LogP contribution in [0.1, 0.15) is 22.3 Å². The van der Waals surface area contributed by atoms with Crippen LogP contribution in [0.2, 0.25) is 0 Å². The summed E-state index contributed by atoms with van der Waals surface area (Å²) in [5.41, 5.74) is 4.07. The Labute approximate surface area is 151 Å². The van der Waals surface area contributed by atoms with Crippen LogP contribution in [-0.2, 0) is 28.9 Å². The van der Waals surface area contributed by atoms with E-state index in [1.807, 2.05) is 0 Å². The molecule has 3 rings (SSSR count). The maximum Gasteiger partial charge on any atom is 0.213 e. The second-order valence-corrected chi connectivity index (χ2v) is 7.68. The van der Waals surface area contributed by atoms with E-state index in [2.05, 4.69) is 12.3 Å². The number of nitrogens with two attached hydrogens (primary N) is 1. The van der Waals surface area contributed by atoms with E-state index in [4.69, 9.17) is 9.88 Å². The summed E-state index contributed by atoms with van der Waals surface area (Å²) in [6.07, 6.45) is 2.11. The Hall–Kier alpha value is -3.07. The predicted molar refractivity (Wildman–Crippen MR) is 94.8 cm³/mol. The fraction of sp³-hybridized carbons (Fsp3) is 0.222. The molecule has 2 N–H and O–H groups in total. The number of nitriles is 2. The quantitative estimate of drug-likeness (QED) is 0.822. The second kappa shape index (κ2) is 6.68. The summed E-state index contributed by atoms with van der Waals surface area (Å²) in [6.45, 7) is 0.794. The minimum absolute atomic E-state index is 0.314. The SMILES string of the molecule is COc1ccc(C#N)c(-c2cc(CS(N)(=O)=O)cc3c2CN(C#N)C3)c1. The lowest BCUT2D eigenvalue weighted by Gasteiger charge is -2.14.